The molecule has 0 unspecified atom stereocenters. The lowest BCUT2D eigenvalue weighted by Crippen LogP contribution is -2.08. The summed E-state index contributed by atoms with van der Waals surface area (Å²) in [5.74, 6) is 0.912. The summed E-state index contributed by atoms with van der Waals surface area (Å²) < 4.78 is 20.3. The number of hydrogen-bond donors (Lipinski definition) is 0. The standard InChI is InChI=1S/C14H15NO5/c1-17-12-4-3-10(13(6-12)18-2)7-20-14(16)5-11-8-19-9-15-11/h3-4,6,8-9H,5,7H2,1-2H3. The zero-order valence-corrected chi connectivity index (χ0v) is 11.3. The number of benzene rings is 1. The van der Waals surface area contributed by atoms with Gasteiger partial charge >= 0.3 is 5.97 Å². The maximum Gasteiger partial charge on any atom is 0.312 e. The lowest BCUT2D eigenvalue weighted by Gasteiger charge is -2.10. The van der Waals surface area contributed by atoms with Gasteiger partial charge in [0.05, 0.1) is 26.3 Å². The van der Waals surface area contributed by atoms with E-state index in [4.69, 9.17) is 18.6 Å². The van der Waals surface area contributed by atoms with Crippen molar-refractivity contribution in [3.05, 3.63) is 42.1 Å². The third-order valence-electron chi connectivity index (χ3n) is 2.69. The van der Waals surface area contributed by atoms with Crippen molar-refractivity contribution in [3.8, 4) is 11.5 Å². The van der Waals surface area contributed by atoms with Gasteiger partial charge in [0.15, 0.2) is 6.39 Å². The highest BCUT2D eigenvalue weighted by molar-refractivity contribution is 5.71. The molecule has 0 amide bonds. The molecule has 106 valence electrons. The first-order valence-corrected chi connectivity index (χ1v) is 5.96. The normalized spacial score (nSPS) is 10.1. The average molecular weight is 277 g/mol. The number of rotatable bonds is 6. The smallest absolute Gasteiger partial charge is 0.312 e. The van der Waals surface area contributed by atoms with Gasteiger partial charge in [-0.25, -0.2) is 4.98 Å². The van der Waals surface area contributed by atoms with E-state index in [2.05, 4.69) is 4.98 Å². The first kappa shape index (κ1) is 13.9. The summed E-state index contributed by atoms with van der Waals surface area (Å²) >= 11 is 0. The second kappa shape index (κ2) is 6.60. The van der Waals surface area contributed by atoms with E-state index in [-0.39, 0.29) is 19.0 Å². The third kappa shape index (κ3) is 3.50. The molecule has 6 heteroatoms. The fourth-order valence-electron chi connectivity index (χ4n) is 1.65. The molecule has 1 aromatic carbocycles. The van der Waals surface area contributed by atoms with Crippen LogP contribution in [0.1, 0.15) is 11.3 Å². The summed E-state index contributed by atoms with van der Waals surface area (Å²) in [6.45, 7) is 0.129. The van der Waals surface area contributed by atoms with Gasteiger partial charge in [-0.3, -0.25) is 4.79 Å². The van der Waals surface area contributed by atoms with Gasteiger partial charge in [-0.05, 0) is 12.1 Å². The molecule has 0 atom stereocenters. The van der Waals surface area contributed by atoms with Crippen LogP contribution in [0, 0.1) is 0 Å². The molecule has 0 saturated heterocycles. The van der Waals surface area contributed by atoms with Crippen LogP contribution in [-0.2, 0) is 22.6 Å². The van der Waals surface area contributed by atoms with Gasteiger partial charge in [-0.15, -0.1) is 0 Å². The van der Waals surface area contributed by atoms with Gasteiger partial charge in [-0.1, -0.05) is 0 Å². The van der Waals surface area contributed by atoms with Gasteiger partial charge in [0.2, 0.25) is 0 Å². The van der Waals surface area contributed by atoms with Crippen molar-refractivity contribution in [2.45, 2.75) is 13.0 Å². The number of methoxy groups -OCH3 is 2. The molecule has 0 aliphatic rings. The number of nitrogens with zero attached hydrogens (tertiary/aromatic N) is 1. The second-order valence-electron chi connectivity index (χ2n) is 4.00. The van der Waals surface area contributed by atoms with Crippen LogP contribution in [0.3, 0.4) is 0 Å². The Morgan fingerprint density at radius 3 is 2.80 bits per heavy atom. The summed E-state index contributed by atoms with van der Waals surface area (Å²) in [7, 11) is 3.13. The zero-order valence-electron chi connectivity index (χ0n) is 11.3. The Morgan fingerprint density at radius 1 is 1.30 bits per heavy atom. The Bertz CT molecular complexity index is 565. The number of aromatic nitrogens is 1. The van der Waals surface area contributed by atoms with Gasteiger partial charge in [-0.2, -0.15) is 0 Å². The minimum atomic E-state index is -0.378. The maximum absolute atomic E-state index is 11.6. The quantitative estimate of drug-likeness (QED) is 0.752. The van der Waals surface area contributed by atoms with Crippen LogP contribution >= 0.6 is 0 Å². The van der Waals surface area contributed by atoms with E-state index in [1.807, 2.05) is 0 Å². The van der Waals surface area contributed by atoms with Crippen molar-refractivity contribution in [1.29, 1.82) is 0 Å². The first-order chi connectivity index (χ1) is 9.72. The molecule has 2 rings (SSSR count). The number of oxazole rings is 1. The molecule has 0 aliphatic carbocycles. The molecular weight excluding hydrogens is 262 g/mol. The minimum absolute atomic E-state index is 0.0783. The van der Waals surface area contributed by atoms with E-state index in [9.17, 15) is 4.79 Å². The summed E-state index contributed by atoms with van der Waals surface area (Å²) in [6.07, 6.45) is 2.76. The van der Waals surface area contributed by atoms with Crippen molar-refractivity contribution < 1.29 is 23.4 Å². The molecule has 1 heterocycles. The lowest BCUT2D eigenvalue weighted by atomic mass is 10.2. The van der Waals surface area contributed by atoms with Crippen molar-refractivity contribution in [3.63, 3.8) is 0 Å². The number of carbonyl (C=O) groups excluding carboxylic acids is 1. The van der Waals surface area contributed by atoms with E-state index < -0.39 is 0 Å². The third-order valence-corrected chi connectivity index (χ3v) is 2.69. The van der Waals surface area contributed by atoms with Crippen LogP contribution in [-0.4, -0.2) is 25.2 Å². The predicted octanol–water partition coefficient (Wildman–Crippen LogP) is 1.98. The number of ether oxygens (including phenoxy) is 3. The molecule has 0 saturated carbocycles. The molecule has 6 nitrogen and oxygen atoms in total. The number of hydrogen-bond acceptors (Lipinski definition) is 6. The monoisotopic (exact) mass is 277 g/mol. The van der Waals surface area contributed by atoms with E-state index in [0.29, 0.717) is 17.2 Å². The Labute approximate surface area is 116 Å². The fraction of sp³-hybridized carbons (Fsp3) is 0.286. The molecule has 1 aromatic heterocycles. The first-order valence-electron chi connectivity index (χ1n) is 5.96. The Morgan fingerprint density at radius 2 is 2.15 bits per heavy atom. The van der Waals surface area contributed by atoms with Crippen LogP contribution in [0.5, 0.6) is 11.5 Å². The molecule has 0 aliphatic heterocycles. The molecule has 0 N–H and O–H groups in total. The Hall–Kier alpha value is -2.50. The average Bonchev–Trinajstić information content (AvgIpc) is 2.97. The van der Waals surface area contributed by atoms with E-state index >= 15 is 0 Å². The van der Waals surface area contributed by atoms with Crippen molar-refractivity contribution in [2.75, 3.05) is 14.2 Å². The molecule has 20 heavy (non-hydrogen) atoms. The number of esters is 1. The Balaban J connectivity index is 1.94. The molecule has 0 bridgehead atoms. The van der Waals surface area contributed by atoms with Crippen LogP contribution in [0.4, 0.5) is 0 Å². The van der Waals surface area contributed by atoms with Crippen LogP contribution in [0.25, 0.3) is 0 Å². The van der Waals surface area contributed by atoms with Crippen LogP contribution in [0.15, 0.2) is 35.3 Å². The van der Waals surface area contributed by atoms with Crippen LogP contribution in [0.2, 0.25) is 0 Å². The summed E-state index contributed by atoms with van der Waals surface area (Å²) in [5.41, 5.74) is 1.30. The molecule has 0 fully saturated rings. The fourth-order valence-corrected chi connectivity index (χ4v) is 1.65. The summed E-state index contributed by atoms with van der Waals surface area (Å²) in [6, 6.07) is 5.31. The number of carbonyl (C=O) groups is 1. The van der Waals surface area contributed by atoms with E-state index in [1.54, 1.807) is 32.4 Å². The summed E-state index contributed by atoms with van der Waals surface area (Å²) in [5, 5.41) is 0. The van der Waals surface area contributed by atoms with Crippen molar-refractivity contribution >= 4 is 5.97 Å². The highest BCUT2D eigenvalue weighted by Gasteiger charge is 2.10. The SMILES string of the molecule is COc1ccc(COC(=O)Cc2cocn2)c(OC)c1. The topological polar surface area (TPSA) is 70.8 Å². The van der Waals surface area contributed by atoms with E-state index in [0.717, 1.165) is 5.56 Å². The highest BCUT2D eigenvalue weighted by Crippen LogP contribution is 2.25. The molecule has 0 spiro atoms. The van der Waals surface area contributed by atoms with Crippen molar-refractivity contribution in [2.24, 2.45) is 0 Å². The lowest BCUT2D eigenvalue weighted by molar-refractivity contribution is -0.144. The Kier molecular flexibility index (Phi) is 4.60. The minimum Gasteiger partial charge on any atom is -0.497 e. The van der Waals surface area contributed by atoms with Crippen molar-refractivity contribution in [1.82, 2.24) is 4.98 Å². The van der Waals surface area contributed by atoms with Gasteiger partial charge in [0.1, 0.15) is 24.4 Å². The molecule has 2 aromatic rings. The van der Waals surface area contributed by atoms with Crippen LogP contribution < -0.4 is 9.47 Å². The summed E-state index contributed by atoms with van der Waals surface area (Å²) in [4.78, 5) is 15.5. The molecular formula is C14H15NO5. The van der Waals surface area contributed by atoms with Gasteiger partial charge in [0, 0.05) is 11.6 Å². The highest BCUT2D eigenvalue weighted by atomic mass is 16.5. The van der Waals surface area contributed by atoms with Gasteiger partial charge in [0.25, 0.3) is 0 Å². The van der Waals surface area contributed by atoms with Gasteiger partial charge < -0.3 is 18.6 Å². The zero-order chi connectivity index (χ0) is 14.4. The molecule has 0 radical (unpaired) electrons. The predicted molar refractivity (Wildman–Crippen MR) is 69.5 cm³/mol. The van der Waals surface area contributed by atoms with E-state index in [1.165, 1.54) is 12.7 Å². The maximum atomic E-state index is 11.6. The largest absolute Gasteiger partial charge is 0.497 e. The second-order valence-corrected chi connectivity index (χ2v) is 4.00.